The molecule has 1 rings (SSSR count). The Morgan fingerprint density at radius 1 is 1.55 bits per heavy atom. The molecule has 1 nitrogen and oxygen atoms in total. The third-order valence-corrected chi connectivity index (χ3v) is 2.34. The van der Waals surface area contributed by atoms with Crippen LogP contribution in [0.15, 0.2) is 12.1 Å². The van der Waals surface area contributed by atoms with Gasteiger partial charge in [-0.05, 0) is 18.6 Å². The molecule has 0 aromatic carbocycles. The molecule has 0 atom stereocenters. The van der Waals surface area contributed by atoms with Gasteiger partial charge in [-0.1, -0.05) is 0 Å². The van der Waals surface area contributed by atoms with Crippen LogP contribution in [0.1, 0.15) is 16.2 Å². The average Bonchev–Trinajstić information content (AvgIpc) is 2.48. The summed E-state index contributed by atoms with van der Waals surface area (Å²) in [4.78, 5) is 1.96. The molecule has 0 amide bonds. The van der Waals surface area contributed by atoms with Crippen LogP contribution in [0.4, 0.5) is 0 Å². The number of terminal acetylenes is 1. The second-order valence-electron chi connectivity index (χ2n) is 2.08. The van der Waals surface area contributed by atoms with Gasteiger partial charge in [-0.2, -0.15) is 5.26 Å². The molecule has 0 aliphatic rings. The van der Waals surface area contributed by atoms with E-state index >= 15 is 0 Å². The highest BCUT2D eigenvalue weighted by Gasteiger charge is 1.96. The normalized spacial score (nSPS) is 8.55. The highest BCUT2D eigenvalue weighted by molar-refractivity contribution is 7.12. The second kappa shape index (κ2) is 3.81. The van der Waals surface area contributed by atoms with Crippen LogP contribution in [-0.4, -0.2) is 0 Å². The molecule has 54 valence electrons. The van der Waals surface area contributed by atoms with Crippen molar-refractivity contribution in [3.05, 3.63) is 21.9 Å². The molecule has 0 saturated heterocycles. The molecule has 0 bridgehead atoms. The zero-order valence-electron chi connectivity index (χ0n) is 6.00. The third-order valence-electron chi connectivity index (χ3n) is 1.29. The van der Waals surface area contributed by atoms with Gasteiger partial charge in [0.15, 0.2) is 0 Å². The third kappa shape index (κ3) is 2.11. The maximum Gasteiger partial charge on any atom is 0.110 e. The van der Waals surface area contributed by atoms with E-state index < -0.39 is 0 Å². The van der Waals surface area contributed by atoms with Crippen LogP contribution < -0.4 is 0 Å². The summed E-state index contributed by atoms with van der Waals surface area (Å²) in [6.07, 6.45) is 6.75. The molecule has 0 aliphatic carbocycles. The van der Waals surface area contributed by atoms with Crippen LogP contribution in [0, 0.1) is 23.7 Å². The van der Waals surface area contributed by atoms with E-state index in [1.165, 1.54) is 16.2 Å². The molecule has 0 radical (unpaired) electrons. The van der Waals surface area contributed by atoms with Crippen molar-refractivity contribution in [1.82, 2.24) is 0 Å². The fraction of sp³-hybridized carbons (Fsp3) is 0.222. The van der Waals surface area contributed by atoms with Crippen molar-refractivity contribution in [2.24, 2.45) is 0 Å². The van der Waals surface area contributed by atoms with Crippen molar-refractivity contribution < 1.29 is 0 Å². The zero-order chi connectivity index (χ0) is 8.10. The fourth-order valence-electron chi connectivity index (χ4n) is 0.768. The summed E-state index contributed by atoms with van der Waals surface area (Å²) in [5.74, 6) is 2.57. The Bertz CT molecular complexity index is 311. The number of hydrogen-bond acceptors (Lipinski definition) is 2. The first-order valence-electron chi connectivity index (χ1n) is 3.29. The van der Waals surface area contributed by atoms with E-state index in [4.69, 9.17) is 11.7 Å². The number of nitrogens with zero attached hydrogens (tertiary/aromatic N) is 1. The van der Waals surface area contributed by atoms with E-state index in [0.29, 0.717) is 0 Å². The largest absolute Gasteiger partial charge is 0.192 e. The molecule has 0 unspecified atom stereocenters. The Kier molecular flexibility index (Phi) is 2.72. The highest BCUT2D eigenvalue weighted by Crippen LogP contribution is 2.16. The first kappa shape index (κ1) is 7.85. The Morgan fingerprint density at radius 3 is 2.91 bits per heavy atom. The average molecular weight is 161 g/mol. The summed E-state index contributed by atoms with van der Waals surface area (Å²) < 4.78 is 0. The van der Waals surface area contributed by atoms with Crippen LogP contribution in [0.3, 0.4) is 0 Å². The Morgan fingerprint density at radius 2 is 2.36 bits per heavy atom. The lowest BCUT2D eigenvalue weighted by Crippen LogP contribution is -1.74. The van der Waals surface area contributed by atoms with Gasteiger partial charge >= 0.3 is 0 Å². The van der Waals surface area contributed by atoms with Crippen molar-refractivity contribution in [3.63, 3.8) is 0 Å². The molecule has 0 spiro atoms. The smallest absolute Gasteiger partial charge is 0.110 e. The maximum atomic E-state index is 8.50. The molecule has 1 aromatic heterocycles. The topological polar surface area (TPSA) is 23.8 Å². The first-order chi connectivity index (χ1) is 5.36. The van der Waals surface area contributed by atoms with Gasteiger partial charge in [-0.25, -0.2) is 0 Å². The van der Waals surface area contributed by atoms with Gasteiger partial charge in [0, 0.05) is 11.3 Å². The van der Waals surface area contributed by atoms with E-state index in [9.17, 15) is 0 Å². The highest BCUT2D eigenvalue weighted by atomic mass is 32.1. The molecule has 1 heterocycles. The van der Waals surface area contributed by atoms with Gasteiger partial charge < -0.3 is 0 Å². The molecule has 1 aromatic rings. The number of hydrogen-bond donors (Lipinski definition) is 0. The van der Waals surface area contributed by atoms with Crippen molar-refractivity contribution in [2.75, 3.05) is 0 Å². The predicted molar refractivity (Wildman–Crippen MR) is 46.2 cm³/mol. The van der Waals surface area contributed by atoms with Crippen molar-refractivity contribution >= 4 is 11.3 Å². The summed E-state index contributed by atoms with van der Waals surface area (Å²) in [5.41, 5.74) is 0. The summed E-state index contributed by atoms with van der Waals surface area (Å²) in [7, 11) is 0. The van der Waals surface area contributed by atoms with Gasteiger partial charge in [-0.15, -0.1) is 23.7 Å². The van der Waals surface area contributed by atoms with Crippen LogP contribution in [0.25, 0.3) is 0 Å². The van der Waals surface area contributed by atoms with Crippen LogP contribution in [-0.2, 0) is 6.42 Å². The lowest BCUT2D eigenvalue weighted by atomic mass is 10.3. The van der Waals surface area contributed by atoms with Gasteiger partial charge in [0.25, 0.3) is 0 Å². The van der Waals surface area contributed by atoms with Gasteiger partial charge in [0.2, 0.25) is 0 Å². The summed E-state index contributed by atoms with van der Waals surface area (Å²) in [6, 6.07) is 5.88. The molecular formula is C9H7NS. The first-order valence-corrected chi connectivity index (χ1v) is 4.10. The van der Waals surface area contributed by atoms with E-state index in [-0.39, 0.29) is 0 Å². The van der Waals surface area contributed by atoms with Gasteiger partial charge in [-0.3, -0.25) is 0 Å². The Labute approximate surface area is 70.3 Å². The molecule has 0 fully saturated rings. The summed E-state index contributed by atoms with van der Waals surface area (Å²) >= 11 is 1.52. The monoisotopic (exact) mass is 161 g/mol. The zero-order valence-corrected chi connectivity index (χ0v) is 6.82. The minimum Gasteiger partial charge on any atom is -0.192 e. The summed E-state index contributed by atoms with van der Waals surface area (Å²) in [5, 5.41) is 8.50. The maximum absolute atomic E-state index is 8.50. The second-order valence-corrected chi connectivity index (χ2v) is 3.25. The SMILES string of the molecule is C#CCCc1ccc(C#N)s1. The molecule has 0 aliphatic heterocycles. The standard InChI is InChI=1S/C9H7NS/c1-2-3-4-8-5-6-9(7-10)11-8/h1,5-6H,3-4H2. The fourth-order valence-corrected chi connectivity index (χ4v) is 1.57. The van der Waals surface area contributed by atoms with E-state index in [1.54, 1.807) is 0 Å². The van der Waals surface area contributed by atoms with E-state index in [1.807, 2.05) is 12.1 Å². The molecule has 0 saturated carbocycles. The van der Waals surface area contributed by atoms with Crippen molar-refractivity contribution in [3.8, 4) is 18.4 Å². The molecule has 0 N–H and O–H groups in total. The number of rotatable bonds is 2. The number of thiophene rings is 1. The number of aryl methyl sites for hydroxylation is 1. The lowest BCUT2D eigenvalue weighted by Gasteiger charge is -1.86. The number of nitriles is 1. The van der Waals surface area contributed by atoms with Crippen molar-refractivity contribution in [1.29, 1.82) is 5.26 Å². The van der Waals surface area contributed by atoms with E-state index in [2.05, 4.69) is 12.0 Å². The van der Waals surface area contributed by atoms with Crippen LogP contribution in [0.5, 0.6) is 0 Å². The lowest BCUT2D eigenvalue weighted by molar-refractivity contribution is 1.06. The molecule has 11 heavy (non-hydrogen) atoms. The quantitative estimate of drug-likeness (QED) is 0.610. The van der Waals surface area contributed by atoms with Crippen molar-refractivity contribution in [2.45, 2.75) is 12.8 Å². The molecular weight excluding hydrogens is 154 g/mol. The Balaban J connectivity index is 2.62. The van der Waals surface area contributed by atoms with Gasteiger partial charge in [0.05, 0.1) is 0 Å². The van der Waals surface area contributed by atoms with Crippen LogP contribution in [0.2, 0.25) is 0 Å². The van der Waals surface area contributed by atoms with Crippen LogP contribution >= 0.6 is 11.3 Å². The summed E-state index contributed by atoms with van der Waals surface area (Å²) in [6.45, 7) is 0. The predicted octanol–water partition coefficient (Wildman–Crippen LogP) is 2.19. The minimum atomic E-state index is 0.755. The molecule has 2 heteroatoms. The van der Waals surface area contributed by atoms with Gasteiger partial charge in [0.1, 0.15) is 10.9 Å². The Hall–Kier alpha value is -1.25. The minimum absolute atomic E-state index is 0.755. The van der Waals surface area contributed by atoms with E-state index in [0.717, 1.165) is 17.7 Å².